The number of hydrogen-bond acceptors (Lipinski definition) is 4. The third-order valence-corrected chi connectivity index (χ3v) is 4.17. The second-order valence-corrected chi connectivity index (χ2v) is 5.56. The largest absolute Gasteiger partial charge is 0.355 e. The van der Waals surface area contributed by atoms with E-state index < -0.39 is 11.6 Å². The summed E-state index contributed by atoms with van der Waals surface area (Å²) in [7, 11) is 1.99. The van der Waals surface area contributed by atoms with Gasteiger partial charge in [0.25, 0.3) is 0 Å². The Kier molecular flexibility index (Phi) is 4.29. The van der Waals surface area contributed by atoms with E-state index in [1.54, 1.807) is 6.20 Å². The number of likely N-dealkylation sites (N-methyl/N-ethyl adjacent to an activating group) is 1. The maximum absolute atomic E-state index is 13.7. The number of likely N-dealkylation sites (tertiary alicyclic amines) is 1. The Hall–Kier alpha value is -2.08. The van der Waals surface area contributed by atoms with Gasteiger partial charge in [-0.1, -0.05) is 6.07 Å². The van der Waals surface area contributed by atoms with E-state index in [0.717, 1.165) is 25.3 Å². The number of halogens is 2. The lowest BCUT2D eigenvalue weighted by molar-refractivity contribution is 0.313. The molecule has 22 heavy (non-hydrogen) atoms. The summed E-state index contributed by atoms with van der Waals surface area (Å²) in [4.78, 5) is 12.3. The first-order chi connectivity index (χ1) is 10.6. The molecular weight excluding hydrogens is 286 g/mol. The fourth-order valence-electron chi connectivity index (χ4n) is 2.86. The van der Waals surface area contributed by atoms with Crippen molar-refractivity contribution in [1.29, 1.82) is 0 Å². The Morgan fingerprint density at radius 2 is 2.05 bits per heavy atom. The Bertz CT molecular complexity index is 615. The van der Waals surface area contributed by atoms with Crippen molar-refractivity contribution in [3.8, 4) is 0 Å². The standard InChI is InChI=1S/C16H18F2N4/c1-21(16-5-7-19-11-20-16)12-6-8-22(9-12)10-13-14(17)3-2-4-15(13)18/h2-5,7,11-12H,6,8-10H2,1H3. The van der Waals surface area contributed by atoms with Crippen LogP contribution in [0.3, 0.4) is 0 Å². The highest BCUT2D eigenvalue weighted by molar-refractivity contribution is 5.37. The van der Waals surface area contributed by atoms with E-state index in [0.29, 0.717) is 6.54 Å². The predicted octanol–water partition coefficient (Wildman–Crippen LogP) is 2.47. The second kappa shape index (κ2) is 6.36. The molecule has 0 amide bonds. The van der Waals surface area contributed by atoms with Gasteiger partial charge in [-0.05, 0) is 24.6 Å². The fourth-order valence-corrected chi connectivity index (χ4v) is 2.86. The highest BCUT2D eigenvalue weighted by Gasteiger charge is 2.27. The lowest BCUT2D eigenvalue weighted by Gasteiger charge is -2.25. The van der Waals surface area contributed by atoms with Gasteiger partial charge in [0, 0.05) is 44.5 Å². The molecule has 2 aromatic rings. The summed E-state index contributed by atoms with van der Waals surface area (Å²) in [6, 6.07) is 6.14. The van der Waals surface area contributed by atoms with Gasteiger partial charge in [0.05, 0.1) is 0 Å². The molecule has 1 atom stereocenters. The molecule has 0 N–H and O–H groups in total. The zero-order chi connectivity index (χ0) is 15.5. The van der Waals surface area contributed by atoms with Crippen LogP contribution in [0.4, 0.5) is 14.6 Å². The highest BCUT2D eigenvalue weighted by Crippen LogP contribution is 2.22. The smallest absolute Gasteiger partial charge is 0.131 e. The van der Waals surface area contributed by atoms with Gasteiger partial charge in [0.1, 0.15) is 23.8 Å². The van der Waals surface area contributed by atoms with Gasteiger partial charge in [-0.25, -0.2) is 18.7 Å². The Balaban J connectivity index is 1.65. The summed E-state index contributed by atoms with van der Waals surface area (Å²) in [5.41, 5.74) is 0.146. The van der Waals surface area contributed by atoms with Gasteiger partial charge in [-0.15, -0.1) is 0 Å². The van der Waals surface area contributed by atoms with Crippen LogP contribution in [0.2, 0.25) is 0 Å². The second-order valence-electron chi connectivity index (χ2n) is 5.56. The number of anilines is 1. The first-order valence-electron chi connectivity index (χ1n) is 7.29. The van der Waals surface area contributed by atoms with Gasteiger partial charge in [-0.2, -0.15) is 0 Å². The topological polar surface area (TPSA) is 32.3 Å². The maximum atomic E-state index is 13.7. The van der Waals surface area contributed by atoms with Gasteiger partial charge in [0.2, 0.25) is 0 Å². The zero-order valence-electron chi connectivity index (χ0n) is 12.4. The van der Waals surface area contributed by atoms with Crippen LogP contribution < -0.4 is 4.90 Å². The number of benzene rings is 1. The minimum atomic E-state index is -0.479. The molecule has 1 aliphatic rings. The summed E-state index contributed by atoms with van der Waals surface area (Å²) in [6.07, 6.45) is 4.17. The molecular formula is C16H18F2N4. The van der Waals surface area contributed by atoms with Crippen LogP contribution in [0.25, 0.3) is 0 Å². The molecule has 1 aromatic carbocycles. The number of hydrogen-bond donors (Lipinski definition) is 0. The minimum absolute atomic E-state index is 0.146. The summed E-state index contributed by atoms with van der Waals surface area (Å²) in [5.74, 6) is -0.0980. The van der Waals surface area contributed by atoms with Gasteiger partial charge < -0.3 is 4.90 Å². The summed E-state index contributed by atoms with van der Waals surface area (Å²) >= 11 is 0. The van der Waals surface area contributed by atoms with E-state index in [1.165, 1.54) is 24.5 Å². The van der Waals surface area contributed by atoms with E-state index in [2.05, 4.69) is 19.8 Å². The number of rotatable bonds is 4. The van der Waals surface area contributed by atoms with Crippen molar-refractivity contribution in [2.45, 2.75) is 19.0 Å². The molecule has 0 aliphatic carbocycles. The minimum Gasteiger partial charge on any atom is -0.355 e. The normalized spacial score (nSPS) is 18.6. The predicted molar refractivity (Wildman–Crippen MR) is 80.5 cm³/mol. The van der Waals surface area contributed by atoms with Crippen molar-refractivity contribution in [2.24, 2.45) is 0 Å². The van der Waals surface area contributed by atoms with Gasteiger partial charge in [-0.3, -0.25) is 4.90 Å². The molecule has 1 aromatic heterocycles. The van der Waals surface area contributed by atoms with Crippen LogP contribution in [-0.4, -0.2) is 41.0 Å². The average Bonchev–Trinajstić information content (AvgIpc) is 3.00. The van der Waals surface area contributed by atoms with E-state index in [4.69, 9.17) is 0 Å². The summed E-state index contributed by atoms with van der Waals surface area (Å²) in [5, 5.41) is 0. The molecule has 0 radical (unpaired) electrons. The SMILES string of the molecule is CN(c1ccncn1)C1CCN(Cc2c(F)cccc2F)C1. The van der Waals surface area contributed by atoms with Crippen LogP contribution in [-0.2, 0) is 6.54 Å². The lowest BCUT2D eigenvalue weighted by Crippen LogP contribution is -2.35. The van der Waals surface area contributed by atoms with Gasteiger partial charge >= 0.3 is 0 Å². The molecule has 4 nitrogen and oxygen atoms in total. The third kappa shape index (κ3) is 3.06. The van der Waals surface area contributed by atoms with Gasteiger partial charge in [0.15, 0.2) is 0 Å². The lowest BCUT2D eigenvalue weighted by atomic mass is 10.2. The first-order valence-corrected chi connectivity index (χ1v) is 7.29. The van der Waals surface area contributed by atoms with Crippen molar-refractivity contribution < 1.29 is 8.78 Å². The third-order valence-electron chi connectivity index (χ3n) is 4.17. The molecule has 2 heterocycles. The number of aromatic nitrogens is 2. The highest BCUT2D eigenvalue weighted by atomic mass is 19.1. The maximum Gasteiger partial charge on any atom is 0.131 e. The van der Waals surface area contributed by atoms with Crippen LogP contribution in [0, 0.1) is 11.6 Å². The molecule has 1 aliphatic heterocycles. The summed E-state index contributed by atoms with van der Waals surface area (Å²) < 4.78 is 27.5. The number of nitrogens with zero attached hydrogens (tertiary/aromatic N) is 4. The van der Waals surface area contributed by atoms with Crippen molar-refractivity contribution in [2.75, 3.05) is 25.0 Å². The molecule has 6 heteroatoms. The Morgan fingerprint density at radius 1 is 1.27 bits per heavy atom. The molecule has 3 rings (SSSR count). The molecule has 0 saturated carbocycles. The zero-order valence-corrected chi connectivity index (χ0v) is 12.4. The van der Waals surface area contributed by atoms with Crippen molar-refractivity contribution in [1.82, 2.24) is 14.9 Å². The Labute approximate surface area is 128 Å². The molecule has 0 bridgehead atoms. The molecule has 1 saturated heterocycles. The van der Waals surface area contributed by atoms with Crippen molar-refractivity contribution in [3.05, 3.63) is 54.0 Å². The Morgan fingerprint density at radius 3 is 2.73 bits per heavy atom. The summed E-state index contributed by atoms with van der Waals surface area (Å²) in [6.45, 7) is 1.87. The first kappa shape index (κ1) is 14.8. The van der Waals surface area contributed by atoms with E-state index in [1.807, 2.05) is 13.1 Å². The average molecular weight is 304 g/mol. The van der Waals surface area contributed by atoms with Crippen LogP contribution in [0.15, 0.2) is 36.8 Å². The van der Waals surface area contributed by atoms with E-state index in [-0.39, 0.29) is 11.6 Å². The van der Waals surface area contributed by atoms with Crippen molar-refractivity contribution in [3.63, 3.8) is 0 Å². The molecule has 1 fully saturated rings. The van der Waals surface area contributed by atoms with E-state index >= 15 is 0 Å². The van der Waals surface area contributed by atoms with Crippen molar-refractivity contribution >= 4 is 5.82 Å². The molecule has 116 valence electrons. The quantitative estimate of drug-likeness (QED) is 0.868. The molecule has 1 unspecified atom stereocenters. The van der Waals surface area contributed by atoms with Crippen LogP contribution in [0.5, 0.6) is 0 Å². The van der Waals surface area contributed by atoms with Crippen LogP contribution >= 0.6 is 0 Å². The van der Waals surface area contributed by atoms with E-state index in [9.17, 15) is 8.78 Å². The van der Waals surface area contributed by atoms with Crippen LogP contribution in [0.1, 0.15) is 12.0 Å². The monoisotopic (exact) mass is 304 g/mol. The molecule has 0 spiro atoms. The fraction of sp³-hybridized carbons (Fsp3) is 0.375.